The molecule has 2 aromatic rings. The lowest BCUT2D eigenvalue weighted by atomic mass is 9.94. The molecule has 3 rings (SSSR count). The number of aromatic hydroxyl groups is 1. The number of Topliss-reactive ketones (excluding diaryl/α,β-unsaturated/α-hetero) is 1. The largest absolute Gasteiger partial charge is 0.503 e. The molecule has 1 aliphatic heterocycles. The predicted molar refractivity (Wildman–Crippen MR) is 105 cm³/mol. The van der Waals surface area contributed by atoms with Crippen LogP contribution in [0.2, 0.25) is 0 Å². The van der Waals surface area contributed by atoms with E-state index in [9.17, 15) is 14.7 Å². The third kappa shape index (κ3) is 4.32. The van der Waals surface area contributed by atoms with Crippen molar-refractivity contribution in [3.05, 3.63) is 47.3 Å². The zero-order valence-electron chi connectivity index (χ0n) is 16.6. The maximum atomic E-state index is 13.0. The Morgan fingerprint density at radius 3 is 2.83 bits per heavy atom. The number of ether oxygens (including phenoxy) is 3. The molecule has 1 amide bonds. The lowest BCUT2D eigenvalue weighted by Crippen LogP contribution is -2.52. The summed E-state index contributed by atoms with van der Waals surface area (Å²) >= 11 is 0. The fourth-order valence-electron chi connectivity index (χ4n) is 3.25. The molecular weight excluding hydrogens is 376 g/mol. The van der Waals surface area contributed by atoms with Gasteiger partial charge in [0, 0.05) is 26.0 Å². The number of hydrogen-bond acceptors (Lipinski definition) is 7. The Morgan fingerprint density at radius 1 is 1.31 bits per heavy atom. The molecule has 0 aliphatic carbocycles. The highest BCUT2D eigenvalue weighted by Crippen LogP contribution is 2.31. The van der Waals surface area contributed by atoms with Gasteiger partial charge < -0.3 is 24.6 Å². The van der Waals surface area contributed by atoms with Gasteiger partial charge in [-0.1, -0.05) is 6.07 Å². The number of pyridine rings is 1. The van der Waals surface area contributed by atoms with Gasteiger partial charge in [-0.3, -0.25) is 9.59 Å². The number of hydrogen-bond donors (Lipinski definition) is 2. The van der Waals surface area contributed by atoms with Crippen LogP contribution in [-0.4, -0.2) is 54.8 Å². The van der Waals surface area contributed by atoms with Gasteiger partial charge in [0.15, 0.2) is 23.0 Å². The molecule has 0 bridgehead atoms. The average molecular weight is 400 g/mol. The molecule has 0 spiro atoms. The van der Waals surface area contributed by atoms with Crippen molar-refractivity contribution in [2.45, 2.75) is 31.9 Å². The number of ketones is 1. The topological polar surface area (TPSA) is 107 Å². The first-order valence-electron chi connectivity index (χ1n) is 9.31. The third-order valence-corrected chi connectivity index (χ3v) is 4.80. The van der Waals surface area contributed by atoms with E-state index < -0.39 is 18.1 Å². The predicted octanol–water partition coefficient (Wildman–Crippen LogP) is 2.14. The number of benzene rings is 1. The van der Waals surface area contributed by atoms with Gasteiger partial charge in [0.25, 0.3) is 5.91 Å². The Morgan fingerprint density at radius 2 is 2.10 bits per heavy atom. The summed E-state index contributed by atoms with van der Waals surface area (Å²) in [6.07, 6.45) is 2.44. The molecular formula is C21H24N2O6. The molecule has 0 saturated carbocycles. The quantitative estimate of drug-likeness (QED) is 0.686. The van der Waals surface area contributed by atoms with Gasteiger partial charge in [0.05, 0.1) is 12.7 Å². The number of nitrogens with zero attached hydrogens (tertiary/aromatic N) is 1. The summed E-state index contributed by atoms with van der Waals surface area (Å²) in [5.74, 6) is -0.695. The van der Waals surface area contributed by atoms with Crippen molar-refractivity contribution in [2.24, 2.45) is 0 Å². The Labute approximate surface area is 168 Å². The summed E-state index contributed by atoms with van der Waals surface area (Å²) in [6.45, 7) is 2.37. The van der Waals surface area contributed by atoms with Crippen LogP contribution in [0.3, 0.4) is 0 Å². The maximum absolute atomic E-state index is 13.0. The standard InChI is InChI=1S/C21H24N2O6/c1-12-17(23-21(26)18-20(25)15(28-3)8-9-22-18)19(24)14-7-6-13(5-4-10-27-2)11-16(14)29-12/h6-9,11-12,17,25H,4-5,10H2,1-3H3,(H,23,26). The van der Waals surface area contributed by atoms with E-state index in [0.717, 1.165) is 18.4 Å². The number of carbonyl (C=O) groups excluding carboxylic acids is 2. The summed E-state index contributed by atoms with van der Waals surface area (Å²) in [7, 11) is 3.03. The van der Waals surface area contributed by atoms with E-state index >= 15 is 0 Å². The first-order chi connectivity index (χ1) is 14.0. The summed E-state index contributed by atoms with van der Waals surface area (Å²) < 4.78 is 16.0. The van der Waals surface area contributed by atoms with Crippen LogP contribution in [-0.2, 0) is 11.2 Å². The number of aromatic nitrogens is 1. The molecule has 2 N–H and O–H groups in total. The molecule has 29 heavy (non-hydrogen) atoms. The highest BCUT2D eigenvalue weighted by molar-refractivity contribution is 6.07. The SMILES string of the molecule is COCCCc1ccc2c(c1)OC(C)C(NC(=O)c1nccc(OC)c1O)C2=O. The van der Waals surface area contributed by atoms with Crippen molar-refractivity contribution < 1.29 is 28.9 Å². The van der Waals surface area contributed by atoms with Crippen LogP contribution in [0.25, 0.3) is 0 Å². The van der Waals surface area contributed by atoms with E-state index in [4.69, 9.17) is 14.2 Å². The lowest BCUT2D eigenvalue weighted by Gasteiger charge is -2.31. The molecule has 1 aromatic heterocycles. The van der Waals surface area contributed by atoms with Crippen LogP contribution in [0.5, 0.6) is 17.2 Å². The maximum Gasteiger partial charge on any atom is 0.274 e. The minimum absolute atomic E-state index is 0.121. The van der Waals surface area contributed by atoms with Crippen molar-refractivity contribution in [3.8, 4) is 17.2 Å². The molecule has 1 aromatic carbocycles. The molecule has 154 valence electrons. The fourth-order valence-corrected chi connectivity index (χ4v) is 3.25. The van der Waals surface area contributed by atoms with E-state index in [1.54, 1.807) is 20.1 Å². The number of amides is 1. The normalized spacial score (nSPS) is 18.0. The molecule has 0 fully saturated rings. The summed E-state index contributed by atoms with van der Waals surface area (Å²) in [5.41, 5.74) is 1.24. The van der Waals surface area contributed by atoms with Crippen molar-refractivity contribution in [1.29, 1.82) is 0 Å². The van der Waals surface area contributed by atoms with E-state index in [0.29, 0.717) is 17.9 Å². The molecule has 0 radical (unpaired) electrons. The number of rotatable bonds is 7. The molecule has 8 heteroatoms. The monoisotopic (exact) mass is 400 g/mol. The zero-order valence-corrected chi connectivity index (χ0v) is 16.6. The molecule has 0 saturated heterocycles. The second-order valence-corrected chi connectivity index (χ2v) is 6.78. The molecule has 2 heterocycles. The Bertz CT molecular complexity index is 914. The first kappa shape index (κ1) is 20.6. The number of nitrogens with one attached hydrogen (secondary N) is 1. The highest BCUT2D eigenvalue weighted by atomic mass is 16.5. The third-order valence-electron chi connectivity index (χ3n) is 4.80. The van der Waals surface area contributed by atoms with Crippen molar-refractivity contribution in [3.63, 3.8) is 0 Å². The van der Waals surface area contributed by atoms with Gasteiger partial charge in [0.2, 0.25) is 0 Å². The van der Waals surface area contributed by atoms with Gasteiger partial charge in [0.1, 0.15) is 17.9 Å². The van der Waals surface area contributed by atoms with Gasteiger partial charge >= 0.3 is 0 Å². The van der Waals surface area contributed by atoms with Crippen LogP contribution in [0, 0.1) is 0 Å². The van der Waals surface area contributed by atoms with Crippen LogP contribution >= 0.6 is 0 Å². The second kappa shape index (κ2) is 8.91. The van der Waals surface area contributed by atoms with Crippen LogP contribution in [0.1, 0.15) is 39.8 Å². The molecule has 2 atom stereocenters. The fraction of sp³-hybridized carbons (Fsp3) is 0.381. The smallest absolute Gasteiger partial charge is 0.274 e. The van der Waals surface area contributed by atoms with E-state index in [1.165, 1.54) is 19.4 Å². The molecule has 8 nitrogen and oxygen atoms in total. The Balaban J connectivity index is 1.77. The number of methoxy groups -OCH3 is 2. The highest BCUT2D eigenvalue weighted by Gasteiger charge is 2.36. The van der Waals surface area contributed by atoms with Gasteiger partial charge in [-0.05, 0) is 37.5 Å². The van der Waals surface area contributed by atoms with E-state index in [-0.39, 0.29) is 23.0 Å². The number of carbonyl (C=O) groups is 2. The van der Waals surface area contributed by atoms with Crippen LogP contribution < -0.4 is 14.8 Å². The minimum Gasteiger partial charge on any atom is -0.503 e. The number of fused-ring (bicyclic) bond motifs is 1. The van der Waals surface area contributed by atoms with E-state index in [1.807, 2.05) is 12.1 Å². The molecule has 2 unspecified atom stereocenters. The summed E-state index contributed by atoms with van der Waals surface area (Å²) in [4.78, 5) is 29.4. The lowest BCUT2D eigenvalue weighted by molar-refractivity contribution is 0.0699. The zero-order chi connectivity index (χ0) is 21.0. The van der Waals surface area contributed by atoms with Crippen LogP contribution in [0.4, 0.5) is 0 Å². The van der Waals surface area contributed by atoms with Gasteiger partial charge in [-0.2, -0.15) is 0 Å². The average Bonchev–Trinajstić information content (AvgIpc) is 2.71. The minimum atomic E-state index is -0.901. The van der Waals surface area contributed by atoms with Gasteiger partial charge in [-0.25, -0.2) is 4.98 Å². The van der Waals surface area contributed by atoms with Crippen LogP contribution in [0.15, 0.2) is 30.5 Å². The number of aryl methyl sites for hydroxylation is 1. The Hall–Kier alpha value is -3.13. The summed E-state index contributed by atoms with van der Waals surface area (Å²) in [5, 5.41) is 12.7. The van der Waals surface area contributed by atoms with Crippen molar-refractivity contribution in [1.82, 2.24) is 10.3 Å². The second-order valence-electron chi connectivity index (χ2n) is 6.78. The van der Waals surface area contributed by atoms with E-state index in [2.05, 4.69) is 10.3 Å². The van der Waals surface area contributed by atoms with Gasteiger partial charge in [-0.15, -0.1) is 0 Å². The first-order valence-corrected chi connectivity index (χ1v) is 9.31. The van der Waals surface area contributed by atoms with Crippen molar-refractivity contribution >= 4 is 11.7 Å². The summed E-state index contributed by atoms with van der Waals surface area (Å²) in [6, 6.07) is 5.98. The van der Waals surface area contributed by atoms with Crippen molar-refractivity contribution in [2.75, 3.05) is 20.8 Å². The molecule has 1 aliphatic rings. The Kier molecular flexibility index (Phi) is 6.33.